The Balaban J connectivity index is 2.92. The van der Waals surface area contributed by atoms with Crippen LogP contribution in [0.5, 0.6) is 5.75 Å². The summed E-state index contributed by atoms with van der Waals surface area (Å²) < 4.78 is 8.40. The van der Waals surface area contributed by atoms with Gasteiger partial charge in [-0.2, -0.15) is 5.10 Å². The summed E-state index contributed by atoms with van der Waals surface area (Å²) in [7, 11) is 4.99. The topological polar surface area (TPSA) is 74.5 Å². The zero-order valence-corrected chi connectivity index (χ0v) is 9.97. The Labute approximate surface area is 97.9 Å². The van der Waals surface area contributed by atoms with Crippen molar-refractivity contribution >= 4 is 17.2 Å². The molecule has 6 heteroatoms. The van der Waals surface area contributed by atoms with E-state index in [1.54, 1.807) is 36.4 Å². The molecule has 6 nitrogen and oxygen atoms in total. The molecule has 0 radical (unpaired) electrons. The first-order chi connectivity index (χ1) is 8.10. The van der Waals surface area contributed by atoms with Crippen LogP contribution in [0.25, 0.3) is 11.0 Å². The first kappa shape index (κ1) is 11.3. The smallest absolute Gasteiger partial charge is 0.328 e. The summed E-state index contributed by atoms with van der Waals surface area (Å²) in [5, 5.41) is 3.47. The van der Waals surface area contributed by atoms with Gasteiger partial charge in [0.1, 0.15) is 11.3 Å². The minimum absolute atomic E-state index is 0.0971. The Morgan fingerprint density at radius 1 is 1.35 bits per heavy atom. The van der Waals surface area contributed by atoms with E-state index in [4.69, 9.17) is 10.6 Å². The van der Waals surface area contributed by atoms with Crippen molar-refractivity contribution in [2.45, 2.75) is 0 Å². The first-order valence-electron chi connectivity index (χ1n) is 5.07. The Kier molecular flexibility index (Phi) is 2.63. The second-order valence-electron chi connectivity index (χ2n) is 3.77. The van der Waals surface area contributed by atoms with Gasteiger partial charge in [-0.1, -0.05) is 0 Å². The third-order valence-corrected chi connectivity index (χ3v) is 2.79. The van der Waals surface area contributed by atoms with E-state index in [1.807, 2.05) is 6.07 Å². The third kappa shape index (κ3) is 1.57. The highest BCUT2D eigenvalue weighted by molar-refractivity contribution is 5.91. The maximum absolute atomic E-state index is 11.8. The van der Waals surface area contributed by atoms with E-state index in [1.165, 1.54) is 6.21 Å². The van der Waals surface area contributed by atoms with Crippen molar-refractivity contribution in [2.75, 3.05) is 7.11 Å². The van der Waals surface area contributed by atoms with Crippen LogP contribution in [0.3, 0.4) is 0 Å². The van der Waals surface area contributed by atoms with E-state index in [-0.39, 0.29) is 5.69 Å². The molecule has 0 bridgehead atoms. The average Bonchev–Trinajstić information content (AvgIpc) is 2.54. The lowest BCUT2D eigenvalue weighted by Gasteiger charge is -2.05. The lowest BCUT2D eigenvalue weighted by Crippen LogP contribution is -2.19. The Hall–Kier alpha value is -2.24. The Morgan fingerprint density at radius 2 is 2.06 bits per heavy atom. The monoisotopic (exact) mass is 234 g/mol. The largest absolute Gasteiger partial charge is 0.494 e. The van der Waals surface area contributed by atoms with E-state index >= 15 is 0 Å². The number of nitrogens with zero attached hydrogens (tertiary/aromatic N) is 3. The summed E-state index contributed by atoms with van der Waals surface area (Å²) in [5.74, 6) is 5.75. The SMILES string of the molecule is COc1cc(C=NN)cc2c1n(C)c(=O)n2C. The minimum Gasteiger partial charge on any atom is -0.494 e. The van der Waals surface area contributed by atoms with Crippen molar-refractivity contribution in [3.8, 4) is 5.75 Å². The molecule has 0 amide bonds. The van der Waals surface area contributed by atoms with E-state index in [0.29, 0.717) is 5.75 Å². The van der Waals surface area contributed by atoms with Gasteiger partial charge in [-0.25, -0.2) is 4.79 Å². The van der Waals surface area contributed by atoms with E-state index in [0.717, 1.165) is 16.6 Å². The maximum atomic E-state index is 11.8. The zero-order valence-electron chi connectivity index (χ0n) is 9.97. The van der Waals surface area contributed by atoms with E-state index < -0.39 is 0 Å². The molecule has 2 aromatic rings. The van der Waals surface area contributed by atoms with Crippen molar-refractivity contribution in [1.82, 2.24) is 9.13 Å². The highest BCUT2D eigenvalue weighted by Crippen LogP contribution is 2.25. The van der Waals surface area contributed by atoms with Gasteiger partial charge < -0.3 is 10.6 Å². The fourth-order valence-corrected chi connectivity index (χ4v) is 1.95. The normalized spacial score (nSPS) is 11.5. The van der Waals surface area contributed by atoms with Crippen LogP contribution in [0.15, 0.2) is 22.0 Å². The summed E-state index contributed by atoms with van der Waals surface area (Å²) in [4.78, 5) is 11.8. The minimum atomic E-state index is -0.0971. The number of rotatable bonds is 2. The molecule has 90 valence electrons. The lowest BCUT2D eigenvalue weighted by molar-refractivity contribution is 0.417. The summed E-state index contributed by atoms with van der Waals surface area (Å²) in [6.45, 7) is 0. The molecule has 0 saturated heterocycles. The van der Waals surface area contributed by atoms with Gasteiger partial charge in [0.25, 0.3) is 0 Å². The number of aromatic nitrogens is 2. The molecule has 0 saturated carbocycles. The van der Waals surface area contributed by atoms with Crippen molar-refractivity contribution in [1.29, 1.82) is 0 Å². The van der Waals surface area contributed by atoms with Gasteiger partial charge in [0.2, 0.25) is 0 Å². The van der Waals surface area contributed by atoms with Gasteiger partial charge in [-0.05, 0) is 12.1 Å². The maximum Gasteiger partial charge on any atom is 0.328 e. The van der Waals surface area contributed by atoms with Gasteiger partial charge in [-0.3, -0.25) is 9.13 Å². The molecule has 0 unspecified atom stereocenters. The number of ether oxygens (including phenoxy) is 1. The number of benzene rings is 1. The van der Waals surface area contributed by atoms with Crippen molar-refractivity contribution < 1.29 is 4.74 Å². The molecule has 2 rings (SSSR count). The molecule has 1 heterocycles. The number of methoxy groups -OCH3 is 1. The highest BCUT2D eigenvalue weighted by atomic mass is 16.5. The van der Waals surface area contributed by atoms with Crippen LogP contribution in [0.4, 0.5) is 0 Å². The highest BCUT2D eigenvalue weighted by Gasteiger charge is 2.13. The molecule has 0 aliphatic carbocycles. The molecule has 0 fully saturated rings. The van der Waals surface area contributed by atoms with E-state index in [2.05, 4.69) is 5.10 Å². The van der Waals surface area contributed by atoms with Crippen LogP contribution < -0.4 is 16.3 Å². The molecule has 17 heavy (non-hydrogen) atoms. The van der Waals surface area contributed by atoms with Gasteiger partial charge in [0.05, 0.1) is 18.8 Å². The fraction of sp³-hybridized carbons (Fsp3) is 0.273. The van der Waals surface area contributed by atoms with Crippen molar-refractivity contribution in [2.24, 2.45) is 25.0 Å². The molecule has 0 aliphatic rings. The number of aryl methyl sites for hydroxylation is 2. The van der Waals surface area contributed by atoms with Crippen LogP contribution in [0.2, 0.25) is 0 Å². The average molecular weight is 234 g/mol. The number of fused-ring (bicyclic) bond motifs is 1. The molecule has 0 aliphatic heterocycles. The van der Waals surface area contributed by atoms with Crippen LogP contribution >= 0.6 is 0 Å². The second kappa shape index (κ2) is 3.97. The predicted octanol–water partition coefficient (Wildman–Crippen LogP) is 0.178. The van der Waals surface area contributed by atoms with Gasteiger partial charge in [0, 0.05) is 19.7 Å². The third-order valence-electron chi connectivity index (χ3n) is 2.79. The van der Waals surface area contributed by atoms with Gasteiger partial charge in [0.15, 0.2) is 0 Å². The number of imidazole rings is 1. The number of nitrogens with two attached hydrogens (primary N) is 1. The molecule has 0 spiro atoms. The van der Waals surface area contributed by atoms with Gasteiger partial charge >= 0.3 is 5.69 Å². The predicted molar refractivity (Wildman–Crippen MR) is 66.5 cm³/mol. The number of hydrogen-bond acceptors (Lipinski definition) is 4. The zero-order chi connectivity index (χ0) is 12.6. The molecular weight excluding hydrogens is 220 g/mol. The van der Waals surface area contributed by atoms with Crippen LogP contribution in [0.1, 0.15) is 5.56 Å². The lowest BCUT2D eigenvalue weighted by atomic mass is 10.2. The quantitative estimate of drug-likeness (QED) is 0.457. The van der Waals surface area contributed by atoms with Crippen molar-refractivity contribution in [3.05, 3.63) is 28.2 Å². The van der Waals surface area contributed by atoms with E-state index in [9.17, 15) is 4.79 Å². The molecular formula is C11H14N4O2. The number of hydrazone groups is 1. The van der Waals surface area contributed by atoms with Crippen LogP contribution in [0, 0.1) is 0 Å². The molecule has 1 aromatic heterocycles. The summed E-state index contributed by atoms with van der Waals surface area (Å²) in [6.07, 6.45) is 1.51. The van der Waals surface area contributed by atoms with Crippen LogP contribution in [-0.4, -0.2) is 22.5 Å². The first-order valence-corrected chi connectivity index (χ1v) is 5.07. The number of hydrogen-bond donors (Lipinski definition) is 1. The molecule has 2 N–H and O–H groups in total. The Bertz CT molecular complexity index is 652. The second-order valence-corrected chi connectivity index (χ2v) is 3.77. The van der Waals surface area contributed by atoms with Gasteiger partial charge in [-0.15, -0.1) is 0 Å². The van der Waals surface area contributed by atoms with Crippen molar-refractivity contribution in [3.63, 3.8) is 0 Å². The molecule has 0 atom stereocenters. The summed E-state index contributed by atoms with van der Waals surface area (Å²) in [6, 6.07) is 3.63. The fourth-order valence-electron chi connectivity index (χ4n) is 1.95. The standard InChI is InChI=1S/C11H14N4O2/c1-14-8-4-7(6-13-12)5-9(17-3)10(8)15(2)11(14)16/h4-6H,12H2,1-3H3. The summed E-state index contributed by atoms with van der Waals surface area (Å²) in [5.41, 5.74) is 2.24. The summed E-state index contributed by atoms with van der Waals surface area (Å²) >= 11 is 0. The van der Waals surface area contributed by atoms with Crippen LogP contribution in [-0.2, 0) is 14.1 Å². The molecule has 1 aromatic carbocycles. The Morgan fingerprint density at radius 3 is 2.65 bits per heavy atom.